The van der Waals surface area contributed by atoms with Crippen molar-refractivity contribution in [3.8, 4) is 11.5 Å². The standard InChI is InChI=1S/C30H36N4O3/c1-4-29(35)28-18-26(13-15-32-28)37-25-11-7-22(8-12-25)19-33-30(36)34-27-17-21(3)20(2)16-23(27)9-10-24-6-5-14-31-24/h7-8,11-13,15-18,24,31H,4-6,9-10,14,19H2,1-3H3,(H2,33,34,36). The highest BCUT2D eigenvalue weighted by molar-refractivity contribution is 5.94. The second-order valence-electron chi connectivity index (χ2n) is 9.63. The summed E-state index contributed by atoms with van der Waals surface area (Å²) >= 11 is 0. The van der Waals surface area contributed by atoms with E-state index in [-0.39, 0.29) is 11.8 Å². The molecule has 1 aliphatic rings. The van der Waals surface area contributed by atoms with Crippen molar-refractivity contribution < 1.29 is 14.3 Å². The number of amides is 2. The van der Waals surface area contributed by atoms with Crippen LogP contribution in [0.4, 0.5) is 10.5 Å². The van der Waals surface area contributed by atoms with Gasteiger partial charge >= 0.3 is 6.03 Å². The van der Waals surface area contributed by atoms with Gasteiger partial charge in [0, 0.05) is 37.0 Å². The van der Waals surface area contributed by atoms with E-state index in [1.165, 1.54) is 24.0 Å². The number of carbonyl (C=O) groups is 2. The molecule has 0 radical (unpaired) electrons. The summed E-state index contributed by atoms with van der Waals surface area (Å²) in [6.45, 7) is 7.48. The van der Waals surface area contributed by atoms with Crippen molar-refractivity contribution in [3.63, 3.8) is 0 Å². The molecule has 1 aromatic heterocycles. The second kappa shape index (κ2) is 12.5. The summed E-state index contributed by atoms with van der Waals surface area (Å²) in [5.41, 5.74) is 5.80. The number of hydrogen-bond donors (Lipinski definition) is 3. The molecule has 2 heterocycles. The average molecular weight is 501 g/mol. The van der Waals surface area contributed by atoms with Crippen molar-refractivity contribution >= 4 is 17.5 Å². The Bertz CT molecular complexity index is 1230. The van der Waals surface area contributed by atoms with Crippen LogP contribution < -0.4 is 20.7 Å². The molecule has 7 nitrogen and oxygen atoms in total. The van der Waals surface area contributed by atoms with E-state index < -0.39 is 0 Å². The number of aromatic nitrogens is 1. The number of anilines is 1. The van der Waals surface area contributed by atoms with E-state index in [9.17, 15) is 9.59 Å². The number of ketones is 1. The van der Waals surface area contributed by atoms with Gasteiger partial charge in [-0.15, -0.1) is 0 Å². The summed E-state index contributed by atoms with van der Waals surface area (Å²) in [4.78, 5) is 28.7. The molecule has 1 aliphatic heterocycles. The lowest BCUT2D eigenvalue weighted by Gasteiger charge is -2.16. The summed E-state index contributed by atoms with van der Waals surface area (Å²) in [7, 11) is 0. The van der Waals surface area contributed by atoms with E-state index in [4.69, 9.17) is 4.74 Å². The molecule has 0 aliphatic carbocycles. The third kappa shape index (κ3) is 7.40. The van der Waals surface area contributed by atoms with Crippen LogP contribution in [0, 0.1) is 13.8 Å². The summed E-state index contributed by atoms with van der Waals surface area (Å²) in [6.07, 6.45) is 6.43. The van der Waals surface area contributed by atoms with Gasteiger partial charge in [-0.1, -0.05) is 25.1 Å². The predicted molar refractivity (Wildman–Crippen MR) is 146 cm³/mol. The van der Waals surface area contributed by atoms with E-state index >= 15 is 0 Å². The molecule has 0 spiro atoms. The van der Waals surface area contributed by atoms with Crippen molar-refractivity contribution in [2.45, 2.75) is 65.5 Å². The van der Waals surface area contributed by atoms with E-state index in [0.29, 0.717) is 36.2 Å². The van der Waals surface area contributed by atoms with Gasteiger partial charge < -0.3 is 20.7 Å². The first-order chi connectivity index (χ1) is 17.9. The van der Waals surface area contributed by atoms with Crippen LogP contribution in [0.3, 0.4) is 0 Å². The summed E-state index contributed by atoms with van der Waals surface area (Å²) in [6, 6.07) is 15.5. The first kappa shape index (κ1) is 26.4. The number of nitrogens with zero attached hydrogens (tertiary/aromatic N) is 1. The molecule has 2 aromatic carbocycles. The largest absolute Gasteiger partial charge is 0.457 e. The Hall–Kier alpha value is -3.71. The number of ether oxygens (including phenoxy) is 1. The molecule has 3 aromatic rings. The Kier molecular flexibility index (Phi) is 8.90. The first-order valence-corrected chi connectivity index (χ1v) is 13.1. The SMILES string of the molecule is CCC(=O)c1cc(Oc2ccc(CNC(=O)Nc3cc(C)c(C)cc3CCC3CCCN3)cc2)ccn1. The van der Waals surface area contributed by atoms with Crippen LogP contribution in [-0.2, 0) is 13.0 Å². The Balaban J connectivity index is 1.32. The molecule has 194 valence electrons. The van der Waals surface area contributed by atoms with Crippen LogP contribution in [0.5, 0.6) is 11.5 Å². The second-order valence-corrected chi connectivity index (χ2v) is 9.63. The van der Waals surface area contributed by atoms with Crippen LogP contribution >= 0.6 is 0 Å². The lowest BCUT2D eigenvalue weighted by Crippen LogP contribution is -2.29. The van der Waals surface area contributed by atoms with Crippen molar-refractivity contribution in [3.05, 3.63) is 82.7 Å². The molecule has 4 rings (SSSR count). The summed E-state index contributed by atoms with van der Waals surface area (Å²) in [5.74, 6) is 1.18. The van der Waals surface area contributed by atoms with Gasteiger partial charge in [-0.2, -0.15) is 0 Å². The van der Waals surface area contributed by atoms with Gasteiger partial charge in [-0.3, -0.25) is 9.78 Å². The number of aryl methyl sites for hydroxylation is 3. The number of rotatable bonds is 10. The van der Waals surface area contributed by atoms with Crippen LogP contribution in [0.1, 0.15) is 65.3 Å². The van der Waals surface area contributed by atoms with Gasteiger partial charge in [0.15, 0.2) is 5.78 Å². The molecule has 7 heteroatoms. The molecule has 1 fully saturated rings. The Morgan fingerprint density at radius 2 is 1.84 bits per heavy atom. The van der Waals surface area contributed by atoms with Gasteiger partial charge in [0.2, 0.25) is 0 Å². The smallest absolute Gasteiger partial charge is 0.319 e. The zero-order chi connectivity index (χ0) is 26.2. The zero-order valence-electron chi connectivity index (χ0n) is 21.9. The molecule has 37 heavy (non-hydrogen) atoms. The Labute approximate surface area is 219 Å². The normalized spacial score (nSPS) is 14.8. The van der Waals surface area contributed by atoms with Crippen molar-refractivity contribution in [1.29, 1.82) is 0 Å². The van der Waals surface area contributed by atoms with Crippen LogP contribution in [-0.4, -0.2) is 29.4 Å². The minimum atomic E-state index is -0.228. The molecule has 0 saturated carbocycles. The monoisotopic (exact) mass is 500 g/mol. The van der Waals surface area contributed by atoms with Gasteiger partial charge in [-0.05, 0) is 92.6 Å². The lowest BCUT2D eigenvalue weighted by atomic mass is 9.98. The highest BCUT2D eigenvalue weighted by Crippen LogP contribution is 2.25. The minimum Gasteiger partial charge on any atom is -0.457 e. The highest BCUT2D eigenvalue weighted by Gasteiger charge is 2.16. The van der Waals surface area contributed by atoms with E-state index in [1.807, 2.05) is 24.3 Å². The molecule has 1 unspecified atom stereocenters. The molecular weight excluding hydrogens is 464 g/mol. The zero-order valence-corrected chi connectivity index (χ0v) is 21.9. The fourth-order valence-corrected chi connectivity index (χ4v) is 4.50. The highest BCUT2D eigenvalue weighted by atomic mass is 16.5. The van der Waals surface area contributed by atoms with Crippen LogP contribution in [0.25, 0.3) is 0 Å². The molecule has 1 atom stereocenters. The number of urea groups is 1. The number of carbonyl (C=O) groups excluding carboxylic acids is 2. The minimum absolute atomic E-state index is 0.0242. The Morgan fingerprint density at radius 1 is 1.05 bits per heavy atom. The third-order valence-electron chi connectivity index (χ3n) is 6.84. The van der Waals surface area contributed by atoms with Gasteiger partial charge in [0.1, 0.15) is 17.2 Å². The first-order valence-electron chi connectivity index (χ1n) is 13.1. The Morgan fingerprint density at radius 3 is 2.57 bits per heavy atom. The third-order valence-corrected chi connectivity index (χ3v) is 6.84. The van der Waals surface area contributed by atoms with Crippen LogP contribution in [0.2, 0.25) is 0 Å². The maximum absolute atomic E-state index is 12.7. The fourth-order valence-electron chi connectivity index (χ4n) is 4.50. The quantitative estimate of drug-likeness (QED) is 0.293. The van der Waals surface area contributed by atoms with Gasteiger partial charge in [0.25, 0.3) is 0 Å². The van der Waals surface area contributed by atoms with Crippen LogP contribution in [0.15, 0.2) is 54.7 Å². The molecular formula is C30H36N4O3. The predicted octanol–water partition coefficient (Wildman–Crippen LogP) is 6.09. The lowest BCUT2D eigenvalue weighted by molar-refractivity contribution is 0.0983. The van der Waals surface area contributed by atoms with Crippen molar-refractivity contribution in [1.82, 2.24) is 15.6 Å². The number of benzene rings is 2. The summed E-state index contributed by atoms with van der Waals surface area (Å²) in [5, 5.41) is 9.56. The van der Waals surface area contributed by atoms with Crippen molar-refractivity contribution in [2.24, 2.45) is 0 Å². The maximum atomic E-state index is 12.7. The number of pyridine rings is 1. The van der Waals surface area contributed by atoms with E-state index in [1.54, 1.807) is 25.3 Å². The topological polar surface area (TPSA) is 92.3 Å². The molecule has 2 amide bonds. The number of Topliss-reactive ketones (excluding diaryl/α,β-unsaturated/α-hetero) is 1. The maximum Gasteiger partial charge on any atom is 0.319 e. The molecule has 3 N–H and O–H groups in total. The fraction of sp³-hybridized carbons (Fsp3) is 0.367. The molecule has 1 saturated heterocycles. The summed E-state index contributed by atoms with van der Waals surface area (Å²) < 4.78 is 5.87. The molecule has 0 bridgehead atoms. The number of hydrogen-bond acceptors (Lipinski definition) is 5. The van der Waals surface area contributed by atoms with Gasteiger partial charge in [0.05, 0.1) is 0 Å². The average Bonchev–Trinajstić information content (AvgIpc) is 3.43. The van der Waals surface area contributed by atoms with Gasteiger partial charge in [-0.25, -0.2) is 4.79 Å². The van der Waals surface area contributed by atoms with E-state index in [0.717, 1.165) is 36.2 Å². The van der Waals surface area contributed by atoms with E-state index in [2.05, 4.69) is 46.9 Å². The van der Waals surface area contributed by atoms with Crippen molar-refractivity contribution in [2.75, 3.05) is 11.9 Å². The number of nitrogens with one attached hydrogen (secondary N) is 3.